The number of unbranched alkanes of at least 4 members (excludes halogenated alkanes) is 2. The van der Waals surface area contributed by atoms with E-state index in [2.05, 4.69) is 27.4 Å². The van der Waals surface area contributed by atoms with Crippen LogP contribution in [0.4, 0.5) is 5.95 Å². The Morgan fingerprint density at radius 3 is 2.68 bits per heavy atom. The third-order valence-electron chi connectivity index (χ3n) is 4.49. The Labute approximate surface area is 161 Å². The third-order valence-corrected chi connectivity index (χ3v) is 4.49. The second-order valence-corrected chi connectivity index (χ2v) is 6.43. The Bertz CT molecular complexity index is 1090. The molecule has 9 nitrogen and oxygen atoms in total. The molecular weight excluding hydrogens is 360 g/mol. The van der Waals surface area contributed by atoms with Crippen LogP contribution in [-0.4, -0.2) is 32.4 Å². The van der Waals surface area contributed by atoms with E-state index in [1.54, 1.807) is 24.9 Å². The molecule has 0 amide bonds. The van der Waals surface area contributed by atoms with Crippen molar-refractivity contribution in [3.05, 3.63) is 50.7 Å². The zero-order valence-electron chi connectivity index (χ0n) is 16.2. The quantitative estimate of drug-likeness (QED) is 0.351. The lowest BCUT2D eigenvalue weighted by molar-refractivity contribution is 0.415. The number of anilines is 1. The van der Waals surface area contributed by atoms with Gasteiger partial charge in [-0.25, -0.2) is 10.2 Å². The van der Waals surface area contributed by atoms with Crippen molar-refractivity contribution < 1.29 is 4.74 Å². The van der Waals surface area contributed by atoms with Gasteiger partial charge < -0.3 is 9.30 Å². The lowest BCUT2D eigenvalue weighted by Gasteiger charge is -2.07. The van der Waals surface area contributed by atoms with Gasteiger partial charge in [0.15, 0.2) is 11.2 Å². The molecule has 2 aromatic heterocycles. The zero-order chi connectivity index (χ0) is 20.1. The second-order valence-electron chi connectivity index (χ2n) is 6.43. The van der Waals surface area contributed by atoms with Crippen LogP contribution in [0.15, 0.2) is 39.0 Å². The third kappa shape index (κ3) is 3.98. The molecule has 148 valence electrons. The van der Waals surface area contributed by atoms with Crippen molar-refractivity contribution >= 4 is 23.3 Å². The number of fused-ring (bicyclic) bond motifs is 1. The Kier molecular flexibility index (Phi) is 5.93. The molecule has 2 N–H and O–H groups in total. The van der Waals surface area contributed by atoms with Gasteiger partial charge in [-0.1, -0.05) is 19.8 Å². The predicted octanol–water partition coefficient (Wildman–Crippen LogP) is 2.07. The van der Waals surface area contributed by atoms with Gasteiger partial charge in [-0.15, -0.1) is 0 Å². The standard InChI is InChI=1S/C19H24N6O3/c1-4-5-6-11-25-15-16(24(2)19(27)22-17(15)26)21-18(25)23-20-12-13-7-9-14(28-3)10-8-13/h7-10,12H,4-6,11H2,1-3H3,(H,21,23)(H,22,26,27)/b20-12-. The lowest BCUT2D eigenvalue weighted by Crippen LogP contribution is -2.29. The number of hydrogen-bond acceptors (Lipinski definition) is 6. The van der Waals surface area contributed by atoms with E-state index in [-0.39, 0.29) is 0 Å². The number of hydrazone groups is 1. The molecule has 28 heavy (non-hydrogen) atoms. The SMILES string of the molecule is CCCCCn1c(N/N=C\c2ccc(OC)cc2)nc2c1c(=O)[nH]c(=O)n2C. The van der Waals surface area contributed by atoms with Crippen LogP contribution in [0.5, 0.6) is 5.75 Å². The highest BCUT2D eigenvalue weighted by Crippen LogP contribution is 2.17. The molecular formula is C19H24N6O3. The van der Waals surface area contributed by atoms with E-state index in [0.717, 1.165) is 30.6 Å². The summed E-state index contributed by atoms with van der Waals surface area (Å²) < 4.78 is 8.23. The summed E-state index contributed by atoms with van der Waals surface area (Å²) in [7, 11) is 3.19. The van der Waals surface area contributed by atoms with Crippen molar-refractivity contribution in [1.82, 2.24) is 19.1 Å². The van der Waals surface area contributed by atoms with Crippen molar-refractivity contribution in [3.63, 3.8) is 0 Å². The fourth-order valence-electron chi connectivity index (χ4n) is 2.91. The van der Waals surface area contributed by atoms with Gasteiger partial charge in [-0.2, -0.15) is 10.1 Å². The molecule has 1 aromatic carbocycles. The molecule has 0 aliphatic carbocycles. The van der Waals surface area contributed by atoms with Gasteiger partial charge in [0.2, 0.25) is 5.95 Å². The summed E-state index contributed by atoms with van der Waals surface area (Å²) in [5, 5.41) is 4.23. The molecule has 9 heteroatoms. The van der Waals surface area contributed by atoms with Crippen LogP contribution < -0.4 is 21.4 Å². The van der Waals surface area contributed by atoms with Gasteiger partial charge >= 0.3 is 5.69 Å². The highest BCUT2D eigenvalue weighted by atomic mass is 16.5. The average molecular weight is 384 g/mol. The molecule has 2 heterocycles. The number of nitrogens with one attached hydrogen (secondary N) is 2. The first-order valence-corrected chi connectivity index (χ1v) is 9.17. The fourth-order valence-corrected chi connectivity index (χ4v) is 2.91. The van der Waals surface area contributed by atoms with Crippen molar-refractivity contribution in [2.45, 2.75) is 32.7 Å². The van der Waals surface area contributed by atoms with E-state index in [1.807, 2.05) is 24.3 Å². The Balaban J connectivity index is 1.94. The van der Waals surface area contributed by atoms with Crippen molar-refractivity contribution in [2.75, 3.05) is 12.5 Å². The number of aromatic nitrogens is 4. The fraction of sp³-hybridized carbons (Fsp3) is 0.368. The largest absolute Gasteiger partial charge is 0.497 e. The van der Waals surface area contributed by atoms with Crippen LogP contribution in [-0.2, 0) is 13.6 Å². The van der Waals surface area contributed by atoms with Crippen LogP contribution >= 0.6 is 0 Å². The van der Waals surface area contributed by atoms with E-state index in [4.69, 9.17) is 4.74 Å². The number of aryl methyl sites for hydroxylation is 2. The van der Waals surface area contributed by atoms with Crippen LogP contribution in [0.2, 0.25) is 0 Å². The Morgan fingerprint density at radius 2 is 2.00 bits per heavy atom. The average Bonchev–Trinajstić information content (AvgIpc) is 3.06. The number of H-pyrrole nitrogens is 1. The van der Waals surface area contributed by atoms with E-state index < -0.39 is 11.2 Å². The van der Waals surface area contributed by atoms with E-state index >= 15 is 0 Å². The first kappa shape index (κ1) is 19.4. The van der Waals surface area contributed by atoms with Gasteiger partial charge in [-0.05, 0) is 36.2 Å². The maximum absolute atomic E-state index is 12.4. The molecule has 3 rings (SSSR count). The maximum Gasteiger partial charge on any atom is 0.329 e. The summed E-state index contributed by atoms with van der Waals surface area (Å²) in [6.45, 7) is 2.72. The number of hydrogen-bond donors (Lipinski definition) is 2. The van der Waals surface area contributed by atoms with E-state index in [0.29, 0.717) is 23.7 Å². The minimum atomic E-state index is -0.496. The normalized spacial score (nSPS) is 11.4. The first-order chi connectivity index (χ1) is 13.5. The summed E-state index contributed by atoms with van der Waals surface area (Å²) in [5.74, 6) is 1.19. The summed E-state index contributed by atoms with van der Waals surface area (Å²) in [6, 6.07) is 7.44. The van der Waals surface area contributed by atoms with Crippen LogP contribution in [0.1, 0.15) is 31.7 Å². The summed E-state index contributed by atoms with van der Waals surface area (Å²) in [5.41, 5.74) is 3.53. The zero-order valence-corrected chi connectivity index (χ0v) is 16.2. The number of aromatic amines is 1. The molecule has 3 aromatic rings. The maximum atomic E-state index is 12.4. The number of benzene rings is 1. The van der Waals surface area contributed by atoms with Crippen LogP contribution in [0.25, 0.3) is 11.2 Å². The number of nitrogens with zero attached hydrogens (tertiary/aromatic N) is 4. The topological polar surface area (TPSA) is 106 Å². The van der Waals surface area contributed by atoms with Gasteiger partial charge in [0.1, 0.15) is 5.75 Å². The van der Waals surface area contributed by atoms with Crippen LogP contribution in [0, 0.1) is 0 Å². The van der Waals surface area contributed by atoms with Crippen molar-refractivity contribution in [3.8, 4) is 5.75 Å². The molecule has 0 aliphatic rings. The van der Waals surface area contributed by atoms with E-state index in [9.17, 15) is 9.59 Å². The molecule has 0 fully saturated rings. The van der Waals surface area contributed by atoms with Gasteiger partial charge in [-0.3, -0.25) is 14.3 Å². The minimum Gasteiger partial charge on any atom is -0.497 e. The van der Waals surface area contributed by atoms with Gasteiger partial charge in [0.05, 0.1) is 13.3 Å². The Hall–Kier alpha value is -3.36. The van der Waals surface area contributed by atoms with Gasteiger partial charge in [0, 0.05) is 13.6 Å². The summed E-state index contributed by atoms with van der Waals surface area (Å²) >= 11 is 0. The molecule has 0 aliphatic heterocycles. The van der Waals surface area contributed by atoms with Gasteiger partial charge in [0.25, 0.3) is 5.56 Å². The molecule has 0 saturated carbocycles. The van der Waals surface area contributed by atoms with Crippen molar-refractivity contribution in [2.24, 2.45) is 12.1 Å². The monoisotopic (exact) mass is 384 g/mol. The minimum absolute atomic E-state index is 0.326. The number of imidazole rings is 1. The number of methoxy groups -OCH3 is 1. The second kappa shape index (κ2) is 8.55. The summed E-state index contributed by atoms with van der Waals surface area (Å²) in [6.07, 6.45) is 4.62. The molecule has 0 spiro atoms. The van der Waals surface area contributed by atoms with E-state index in [1.165, 1.54) is 4.57 Å². The molecule has 0 unspecified atom stereocenters. The number of ether oxygens (including phenoxy) is 1. The first-order valence-electron chi connectivity index (χ1n) is 9.17. The molecule has 0 atom stereocenters. The summed E-state index contributed by atoms with van der Waals surface area (Å²) in [4.78, 5) is 31.0. The highest BCUT2D eigenvalue weighted by molar-refractivity contribution is 5.80. The van der Waals surface area contributed by atoms with Crippen LogP contribution in [0.3, 0.4) is 0 Å². The molecule has 0 radical (unpaired) electrons. The number of rotatable bonds is 8. The Morgan fingerprint density at radius 1 is 1.25 bits per heavy atom. The highest BCUT2D eigenvalue weighted by Gasteiger charge is 2.16. The predicted molar refractivity (Wildman–Crippen MR) is 109 cm³/mol. The lowest BCUT2D eigenvalue weighted by atomic mass is 10.2. The smallest absolute Gasteiger partial charge is 0.329 e. The van der Waals surface area contributed by atoms with Crippen molar-refractivity contribution in [1.29, 1.82) is 0 Å². The molecule has 0 bridgehead atoms. The molecule has 0 saturated heterocycles.